The SMILES string of the molecule is COCCCn1cc(CN(C(=O)[C@H]2CNC[C@@H](C(=O)N[C@@H](CO)c3ccccc3)C2)C2CC2)c2ccccc21. The highest BCUT2D eigenvalue weighted by Crippen LogP contribution is 2.33. The minimum absolute atomic E-state index is 0.125. The zero-order valence-corrected chi connectivity index (χ0v) is 22.7. The number of nitrogens with zero attached hydrogens (tertiary/aromatic N) is 2. The van der Waals surface area contributed by atoms with E-state index < -0.39 is 6.04 Å². The molecule has 3 N–H and O–H groups in total. The first kappa shape index (κ1) is 27.4. The highest BCUT2D eigenvalue weighted by atomic mass is 16.5. The highest BCUT2D eigenvalue weighted by molar-refractivity contribution is 5.86. The van der Waals surface area contributed by atoms with Gasteiger partial charge in [-0.15, -0.1) is 0 Å². The van der Waals surface area contributed by atoms with Crippen molar-refractivity contribution in [3.63, 3.8) is 0 Å². The fourth-order valence-electron chi connectivity index (χ4n) is 5.74. The molecule has 1 aliphatic carbocycles. The van der Waals surface area contributed by atoms with Crippen LogP contribution in [0.1, 0.15) is 42.9 Å². The molecular weight excluding hydrogens is 492 g/mol. The van der Waals surface area contributed by atoms with Crippen LogP contribution < -0.4 is 10.6 Å². The molecule has 2 aromatic carbocycles. The van der Waals surface area contributed by atoms with Crippen LogP contribution >= 0.6 is 0 Å². The molecule has 0 radical (unpaired) electrons. The van der Waals surface area contributed by atoms with Gasteiger partial charge >= 0.3 is 0 Å². The van der Waals surface area contributed by atoms with E-state index in [1.807, 2.05) is 35.2 Å². The number of piperidine rings is 1. The lowest BCUT2D eigenvalue weighted by Crippen LogP contribution is -2.50. The van der Waals surface area contributed by atoms with Gasteiger partial charge in [-0.3, -0.25) is 9.59 Å². The van der Waals surface area contributed by atoms with Gasteiger partial charge in [0.15, 0.2) is 0 Å². The minimum atomic E-state index is -0.459. The Morgan fingerprint density at radius 2 is 1.85 bits per heavy atom. The molecule has 1 saturated carbocycles. The Labute approximate surface area is 230 Å². The number of benzene rings is 2. The van der Waals surface area contributed by atoms with Crippen molar-refractivity contribution in [2.45, 2.75) is 50.9 Å². The lowest BCUT2D eigenvalue weighted by atomic mass is 9.88. The molecule has 1 aliphatic heterocycles. The molecule has 208 valence electrons. The summed E-state index contributed by atoms with van der Waals surface area (Å²) in [6, 6.07) is 17.7. The van der Waals surface area contributed by atoms with Crippen molar-refractivity contribution in [3.8, 4) is 0 Å². The summed E-state index contributed by atoms with van der Waals surface area (Å²) < 4.78 is 7.52. The van der Waals surface area contributed by atoms with E-state index in [1.54, 1.807) is 7.11 Å². The molecule has 5 rings (SSSR count). The van der Waals surface area contributed by atoms with Crippen molar-refractivity contribution in [1.82, 2.24) is 20.1 Å². The van der Waals surface area contributed by atoms with Crippen LogP contribution in [0.25, 0.3) is 10.9 Å². The number of methoxy groups -OCH3 is 1. The van der Waals surface area contributed by atoms with Crippen molar-refractivity contribution in [2.75, 3.05) is 33.4 Å². The third-order valence-corrected chi connectivity index (χ3v) is 8.00. The van der Waals surface area contributed by atoms with E-state index in [1.165, 1.54) is 10.9 Å². The Hall–Kier alpha value is -3.20. The van der Waals surface area contributed by atoms with E-state index in [0.717, 1.165) is 36.9 Å². The van der Waals surface area contributed by atoms with Crippen molar-refractivity contribution in [3.05, 3.63) is 71.9 Å². The number of hydrogen-bond acceptors (Lipinski definition) is 5. The molecule has 0 unspecified atom stereocenters. The number of aliphatic hydroxyl groups excluding tert-OH is 1. The topological polar surface area (TPSA) is 95.8 Å². The fourth-order valence-corrected chi connectivity index (χ4v) is 5.74. The summed E-state index contributed by atoms with van der Waals surface area (Å²) in [5.74, 6) is -0.579. The quantitative estimate of drug-likeness (QED) is 0.311. The van der Waals surface area contributed by atoms with Crippen LogP contribution in [0.2, 0.25) is 0 Å². The van der Waals surface area contributed by atoms with Crippen LogP contribution in [-0.4, -0.2) is 65.8 Å². The molecule has 8 nitrogen and oxygen atoms in total. The Morgan fingerprint density at radius 1 is 1.10 bits per heavy atom. The maximum absolute atomic E-state index is 13.9. The number of carbonyl (C=O) groups excluding carboxylic acids is 2. The lowest BCUT2D eigenvalue weighted by Gasteiger charge is -2.33. The third-order valence-electron chi connectivity index (χ3n) is 8.00. The molecule has 8 heteroatoms. The van der Waals surface area contributed by atoms with Crippen LogP contribution in [0.15, 0.2) is 60.8 Å². The summed E-state index contributed by atoms with van der Waals surface area (Å²) in [5, 5.41) is 17.4. The lowest BCUT2D eigenvalue weighted by molar-refractivity contribution is -0.139. The molecule has 2 amide bonds. The molecule has 3 aromatic rings. The third kappa shape index (κ3) is 6.52. The molecule has 1 saturated heterocycles. The van der Waals surface area contributed by atoms with Crippen LogP contribution in [0, 0.1) is 11.8 Å². The zero-order valence-electron chi connectivity index (χ0n) is 22.7. The monoisotopic (exact) mass is 532 g/mol. The molecule has 0 bridgehead atoms. The van der Waals surface area contributed by atoms with Crippen molar-refractivity contribution in [2.24, 2.45) is 11.8 Å². The van der Waals surface area contributed by atoms with Gasteiger partial charge in [-0.1, -0.05) is 48.5 Å². The summed E-state index contributed by atoms with van der Waals surface area (Å²) in [6.45, 7) is 3.09. The van der Waals surface area contributed by atoms with Gasteiger partial charge in [-0.25, -0.2) is 0 Å². The summed E-state index contributed by atoms with van der Waals surface area (Å²) in [4.78, 5) is 29.1. The summed E-state index contributed by atoms with van der Waals surface area (Å²) in [6.07, 6.45) is 5.68. The average molecular weight is 533 g/mol. The molecular formula is C31H40N4O4. The van der Waals surface area contributed by atoms with Gasteiger partial charge in [0.2, 0.25) is 11.8 Å². The molecule has 0 spiro atoms. The molecule has 1 aromatic heterocycles. The number of carbonyl (C=O) groups is 2. The van der Waals surface area contributed by atoms with E-state index in [2.05, 4.69) is 45.7 Å². The van der Waals surface area contributed by atoms with Crippen molar-refractivity contribution in [1.29, 1.82) is 0 Å². The second kappa shape index (κ2) is 12.8. The maximum Gasteiger partial charge on any atom is 0.227 e. The van der Waals surface area contributed by atoms with Gasteiger partial charge in [-0.05, 0) is 42.9 Å². The average Bonchev–Trinajstić information content (AvgIpc) is 3.77. The normalized spacial score (nSPS) is 20.1. The Bertz CT molecular complexity index is 1260. The second-order valence-electron chi connectivity index (χ2n) is 10.9. The number of fused-ring (bicyclic) bond motifs is 1. The number of ether oxygens (including phenoxy) is 1. The summed E-state index contributed by atoms with van der Waals surface area (Å²) in [5.41, 5.74) is 3.21. The van der Waals surface area contributed by atoms with Crippen LogP contribution in [0.5, 0.6) is 0 Å². The van der Waals surface area contributed by atoms with E-state index in [4.69, 9.17) is 4.74 Å². The summed E-state index contributed by atoms with van der Waals surface area (Å²) >= 11 is 0. The van der Waals surface area contributed by atoms with Gasteiger partial charge < -0.3 is 29.9 Å². The van der Waals surface area contributed by atoms with Gasteiger partial charge in [0, 0.05) is 63.0 Å². The van der Waals surface area contributed by atoms with E-state index in [9.17, 15) is 14.7 Å². The first-order valence-electron chi connectivity index (χ1n) is 14.1. The predicted molar refractivity (Wildman–Crippen MR) is 151 cm³/mol. The number of amides is 2. The maximum atomic E-state index is 13.9. The van der Waals surface area contributed by atoms with E-state index in [0.29, 0.717) is 32.7 Å². The van der Waals surface area contributed by atoms with Crippen LogP contribution in [0.3, 0.4) is 0 Å². The molecule has 2 aliphatic rings. The molecule has 2 heterocycles. The molecule has 39 heavy (non-hydrogen) atoms. The predicted octanol–water partition coefficient (Wildman–Crippen LogP) is 3.24. The Balaban J connectivity index is 1.27. The largest absolute Gasteiger partial charge is 0.394 e. The van der Waals surface area contributed by atoms with Crippen LogP contribution in [-0.2, 0) is 27.4 Å². The van der Waals surface area contributed by atoms with Gasteiger partial charge in [0.05, 0.1) is 24.5 Å². The van der Waals surface area contributed by atoms with Crippen molar-refractivity contribution < 1.29 is 19.4 Å². The van der Waals surface area contributed by atoms with Crippen LogP contribution in [0.4, 0.5) is 0 Å². The smallest absolute Gasteiger partial charge is 0.227 e. The van der Waals surface area contributed by atoms with Gasteiger partial charge in [0.1, 0.15) is 0 Å². The Kier molecular flexibility index (Phi) is 8.96. The first-order valence-corrected chi connectivity index (χ1v) is 14.1. The van der Waals surface area contributed by atoms with Gasteiger partial charge in [0.25, 0.3) is 0 Å². The second-order valence-corrected chi connectivity index (χ2v) is 10.9. The first-order chi connectivity index (χ1) is 19.1. The Morgan fingerprint density at radius 3 is 2.59 bits per heavy atom. The number of rotatable bonds is 12. The minimum Gasteiger partial charge on any atom is -0.394 e. The standard InChI is InChI=1S/C31H40N4O4/c1-39-15-7-14-34-19-25(27-10-5-6-11-29(27)34)20-35(26-12-13-26)31(38)24-16-23(17-32-18-24)30(37)33-28(21-36)22-8-3-2-4-9-22/h2-6,8-11,19,23-24,26,28,32,36H,7,12-18,20-21H2,1H3,(H,33,37)/t23-,24+,28-/m0/s1. The number of aromatic nitrogens is 1. The number of aryl methyl sites for hydroxylation is 1. The fraction of sp³-hybridized carbons (Fsp3) is 0.484. The molecule has 3 atom stereocenters. The zero-order chi connectivity index (χ0) is 27.2. The van der Waals surface area contributed by atoms with E-state index >= 15 is 0 Å². The van der Waals surface area contributed by atoms with E-state index in [-0.39, 0.29) is 36.3 Å². The van der Waals surface area contributed by atoms with Crippen molar-refractivity contribution >= 4 is 22.7 Å². The molecule has 2 fully saturated rings. The number of para-hydroxylation sites is 1. The number of aliphatic hydroxyl groups is 1. The number of nitrogens with one attached hydrogen (secondary N) is 2. The highest BCUT2D eigenvalue weighted by Gasteiger charge is 2.39. The number of hydrogen-bond donors (Lipinski definition) is 3. The van der Waals surface area contributed by atoms with Gasteiger partial charge in [-0.2, -0.15) is 0 Å². The summed E-state index contributed by atoms with van der Waals surface area (Å²) in [7, 11) is 1.72.